The van der Waals surface area contributed by atoms with Crippen LogP contribution in [-0.2, 0) is 11.3 Å². The maximum absolute atomic E-state index is 12.1. The van der Waals surface area contributed by atoms with Crippen LogP contribution < -0.4 is 4.72 Å². The van der Waals surface area contributed by atoms with E-state index in [0.29, 0.717) is 18.1 Å². The molecule has 2 fully saturated rings. The molecule has 1 aromatic rings. The Morgan fingerprint density at radius 3 is 2.64 bits per heavy atom. The quantitative estimate of drug-likeness (QED) is 0.844. The molecule has 1 spiro atoms. The van der Waals surface area contributed by atoms with Crippen LogP contribution in [0.25, 0.3) is 0 Å². The predicted molar refractivity (Wildman–Crippen MR) is 89.5 cm³/mol. The minimum absolute atomic E-state index is 0.204. The number of nitrogens with zero attached hydrogens (tertiary/aromatic N) is 1. The molecule has 0 bridgehead atoms. The second kappa shape index (κ2) is 6.50. The average Bonchev–Trinajstić information content (AvgIpc) is 2.46. The zero-order valence-corrected chi connectivity index (χ0v) is 14.1. The lowest BCUT2D eigenvalue weighted by Gasteiger charge is -2.58. The molecule has 120 valence electrons. The molecule has 0 radical (unpaired) electrons. The van der Waals surface area contributed by atoms with Crippen molar-refractivity contribution >= 4 is 18.0 Å². The van der Waals surface area contributed by atoms with E-state index >= 15 is 0 Å². The summed E-state index contributed by atoms with van der Waals surface area (Å²) in [5, 5.41) is 0.751. The van der Waals surface area contributed by atoms with Crippen LogP contribution in [0.5, 0.6) is 0 Å². The van der Waals surface area contributed by atoms with Crippen LogP contribution >= 0.6 is 11.9 Å². The highest BCUT2D eigenvalue weighted by atomic mass is 32.2. The molecule has 0 heterocycles. The minimum Gasteiger partial charge on any atom is -0.445 e. The number of ether oxygens (including phenoxy) is 1. The summed E-state index contributed by atoms with van der Waals surface area (Å²) < 4.78 is 8.57. The molecular weight excluding hydrogens is 296 g/mol. The van der Waals surface area contributed by atoms with Crippen LogP contribution in [0, 0.1) is 5.41 Å². The Morgan fingerprint density at radius 2 is 2.00 bits per heavy atom. The molecule has 0 saturated heterocycles. The van der Waals surface area contributed by atoms with Gasteiger partial charge in [-0.15, -0.1) is 0 Å². The highest BCUT2D eigenvalue weighted by Crippen LogP contribution is 2.59. The highest BCUT2D eigenvalue weighted by molar-refractivity contribution is 7.98. The largest absolute Gasteiger partial charge is 0.445 e. The van der Waals surface area contributed by atoms with Gasteiger partial charge in [0.15, 0.2) is 0 Å². The van der Waals surface area contributed by atoms with Gasteiger partial charge in [0.2, 0.25) is 0 Å². The Bertz CT molecular complexity index is 509. The number of hydrogen-bond acceptors (Lipinski definition) is 4. The third-order valence-corrected chi connectivity index (χ3v) is 5.89. The van der Waals surface area contributed by atoms with Gasteiger partial charge in [-0.2, -0.15) is 0 Å². The molecule has 0 aliphatic heterocycles. The SMILES string of the molecule is CNSC1CC2(C1)CC(N(C)C(=O)OCc1ccccc1)C2. The maximum atomic E-state index is 12.1. The summed E-state index contributed by atoms with van der Waals surface area (Å²) >= 11 is 1.84. The van der Waals surface area contributed by atoms with Gasteiger partial charge in [0, 0.05) is 18.3 Å². The van der Waals surface area contributed by atoms with E-state index in [4.69, 9.17) is 4.74 Å². The molecule has 4 nitrogen and oxygen atoms in total. The molecule has 1 aromatic carbocycles. The highest BCUT2D eigenvalue weighted by Gasteiger charge is 2.54. The number of nitrogens with one attached hydrogen (secondary N) is 1. The number of benzene rings is 1. The van der Waals surface area contributed by atoms with Crippen molar-refractivity contribution in [1.82, 2.24) is 9.62 Å². The molecule has 0 unspecified atom stereocenters. The smallest absolute Gasteiger partial charge is 0.410 e. The summed E-state index contributed by atoms with van der Waals surface area (Å²) in [5.41, 5.74) is 1.54. The normalized spacial score (nSPS) is 29.5. The van der Waals surface area contributed by atoms with E-state index in [2.05, 4.69) is 4.72 Å². The summed E-state index contributed by atoms with van der Waals surface area (Å²) in [6.07, 6.45) is 4.61. The van der Waals surface area contributed by atoms with Crippen molar-refractivity contribution in [2.75, 3.05) is 14.1 Å². The fourth-order valence-electron chi connectivity index (χ4n) is 3.67. The number of carbonyl (C=O) groups is 1. The topological polar surface area (TPSA) is 41.6 Å². The third kappa shape index (κ3) is 3.25. The number of carbonyl (C=O) groups excluding carboxylic acids is 1. The maximum Gasteiger partial charge on any atom is 0.410 e. The summed E-state index contributed by atoms with van der Waals surface area (Å²) in [5.74, 6) is 0. The van der Waals surface area contributed by atoms with Gasteiger partial charge in [0.25, 0.3) is 0 Å². The zero-order valence-electron chi connectivity index (χ0n) is 13.2. The van der Waals surface area contributed by atoms with Crippen molar-refractivity contribution in [3.05, 3.63) is 35.9 Å². The van der Waals surface area contributed by atoms with E-state index in [1.54, 1.807) is 4.90 Å². The minimum atomic E-state index is -0.204. The standard InChI is InChI=1S/C17H24N2O2S/c1-18-22-15-10-17(11-15)8-14(9-17)19(2)16(20)21-12-13-6-4-3-5-7-13/h3-7,14-15,18H,8-12H2,1-2H3. The number of amides is 1. The van der Waals surface area contributed by atoms with Crippen molar-refractivity contribution < 1.29 is 9.53 Å². The molecule has 0 atom stereocenters. The Hall–Kier alpha value is -1.20. The first-order valence-corrected chi connectivity index (χ1v) is 8.76. The first kappa shape index (κ1) is 15.7. The van der Waals surface area contributed by atoms with Crippen LogP contribution in [0.15, 0.2) is 30.3 Å². The van der Waals surface area contributed by atoms with E-state index in [1.165, 1.54) is 12.8 Å². The Kier molecular flexibility index (Phi) is 4.64. The van der Waals surface area contributed by atoms with Crippen LogP contribution in [0.1, 0.15) is 31.2 Å². The molecule has 2 saturated carbocycles. The summed E-state index contributed by atoms with van der Waals surface area (Å²) in [6, 6.07) is 10.2. The number of rotatable bonds is 5. The third-order valence-electron chi connectivity index (χ3n) is 4.98. The fourth-order valence-corrected chi connectivity index (χ4v) is 4.88. The lowest BCUT2D eigenvalue weighted by atomic mass is 9.53. The average molecular weight is 320 g/mol. The first-order valence-electron chi connectivity index (χ1n) is 7.88. The van der Waals surface area contributed by atoms with Crippen molar-refractivity contribution in [3.63, 3.8) is 0 Å². The van der Waals surface area contributed by atoms with Crippen molar-refractivity contribution in [1.29, 1.82) is 0 Å². The van der Waals surface area contributed by atoms with E-state index in [-0.39, 0.29) is 6.09 Å². The van der Waals surface area contributed by atoms with E-state index in [1.807, 2.05) is 56.4 Å². The van der Waals surface area contributed by atoms with Gasteiger partial charge in [-0.05, 0) is 43.7 Å². The van der Waals surface area contributed by atoms with Gasteiger partial charge >= 0.3 is 6.09 Å². The molecular formula is C17H24N2O2S. The molecule has 2 aliphatic rings. The lowest BCUT2D eigenvalue weighted by molar-refractivity contribution is -0.0404. The fraction of sp³-hybridized carbons (Fsp3) is 0.588. The van der Waals surface area contributed by atoms with Crippen molar-refractivity contribution in [3.8, 4) is 0 Å². The zero-order chi connectivity index (χ0) is 15.6. The Balaban J connectivity index is 1.40. The summed E-state index contributed by atoms with van der Waals surface area (Å²) in [7, 11) is 3.85. The molecule has 1 N–H and O–H groups in total. The summed E-state index contributed by atoms with van der Waals surface area (Å²) in [4.78, 5) is 13.9. The Morgan fingerprint density at radius 1 is 1.32 bits per heavy atom. The molecule has 2 aliphatic carbocycles. The van der Waals surface area contributed by atoms with E-state index in [0.717, 1.165) is 23.7 Å². The van der Waals surface area contributed by atoms with E-state index in [9.17, 15) is 4.79 Å². The first-order chi connectivity index (χ1) is 10.6. The second-order valence-corrected chi connectivity index (χ2v) is 7.88. The van der Waals surface area contributed by atoms with Gasteiger partial charge in [0.1, 0.15) is 6.61 Å². The Labute approximate surface area is 136 Å². The van der Waals surface area contributed by atoms with E-state index < -0.39 is 0 Å². The molecule has 22 heavy (non-hydrogen) atoms. The molecule has 1 amide bonds. The van der Waals surface area contributed by atoms with Gasteiger partial charge in [-0.25, -0.2) is 4.79 Å². The van der Waals surface area contributed by atoms with Crippen LogP contribution in [0.4, 0.5) is 4.79 Å². The predicted octanol–water partition coefficient (Wildman–Crippen LogP) is 3.43. The van der Waals surface area contributed by atoms with Gasteiger partial charge in [-0.3, -0.25) is 4.72 Å². The second-order valence-electron chi connectivity index (χ2n) is 6.57. The molecule has 0 aromatic heterocycles. The van der Waals surface area contributed by atoms with Crippen molar-refractivity contribution in [2.45, 2.75) is 43.6 Å². The van der Waals surface area contributed by atoms with Gasteiger partial charge < -0.3 is 9.64 Å². The molecule has 5 heteroatoms. The number of hydrogen-bond donors (Lipinski definition) is 1. The van der Waals surface area contributed by atoms with Crippen LogP contribution in [-0.4, -0.2) is 36.4 Å². The van der Waals surface area contributed by atoms with Crippen LogP contribution in [0.2, 0.25) is 0 Å². The van der Waals surface area contributed by atoms with Gasteiger partial charge in [-0.1, -0.05) is 42.3 Å². The van der Waals surface area contributed by atoms with Crippen LogP contribution in [0.3, 0.4) is 0 Å². The summed E-state index contributed by atoms with van der Waals surface area (Å²) in [6.45, 7) is 0.350. The molecule has 3 rings (SSSR count). The lowest BCUT2D eigenvalue weighted by Crippen LogP contribution is -2.57. The van der Waals surface area contributed by atoms with Crippen molar-refractivity contribution in [2.24, 2.45) is 5.41 Å². The monoisotopic (exact) mass is 320 g/mol. The van der Waals surface area contributed by atoms with Gasteiger partial charge in [0.05, 0.1) is 0 Å².